The van der Waals surface area contributed by atoms with Gasteiger partial charge >= 0.3 is 0 Å². The second-order valence-corrected chi connectivity index (χ2v) is 5.30. The molecule has 3 rings (SSSR count). The van der Waals surface area contributed by atoms with Gasteiger partial charge in [0.2, 0.25) is 0 Å². The molecule has 0 aliphatic carbocycles. The van der Waals surface area contributed by atoms with Crippen molar-refractivity contribution in [3.05, 3.63) is 76.5 Å². The fraction of sp³-hybridized carbons (Fsp3) is 0.118. The van der Waals surface area contributed by atoms with Crippen LogP contribution in [0.25, 0.3) is 0 Å². The molecular weight excluding hydrogens is 268 g/mol. The molecule has 20 heavy (non-hydrogen) atoms. The highest BCUT2D eigenvalue weighted by Gasteiger charge is 2.11. The minimum absolute atomic E-state index is 0.712. The Kier molecular flexibility index (Phi) is 3.57. The van der Waals surface area contributed by atoms with E-state index in [4.69, 9.17) is 11.6 Å². The Bertz CT molecular complexity index is 702. The largest absolute Gasteiger partial charge is 0.340 e. The molecule has 2 nitrogen and oxygen atoms in total. The van der Waals surface area contributed by atoms with E-state index < -0.39 is 0 Å². The summed E-state index contributed by atoms with van der Waals surface area (Å²) in [5, 5.41) is 4.07. The number of amidine groups is 1. The van der Waals surface area contributed by atoms with Crippen molar-refractivity contribution < 1.29 is 0 Å². The molecule has 0 atom stereocenters. The summed E-state index contributed by atoms with van der Waals surface area (Å²) < 4.78 is 0. The molecule has 100 valence electrons. The van der Waals surface area contributed by atoms with Gasteiger partial charge in [-0.25, -0.2) is 4.99 Å². The molecule has 1 heterocycles. The van der Waals surface area contributed by atoms with Crippen LogP contribution < -0.4 is 5.32 Å². The summed E-state index contributed by atoms with van der Waals surface area (Å²) in [5.41, 5.74) is 4.60. The first-order valence-electron chi connectivity index (χ1n) is 6.58. The van der Waals surface area contributed by atoms with Crippen LogP contribution in [-0.4, -0.2) is 5.84 Å². The van der Waals surface area contributed by atoms with Crippen molar-refractivity contribution in [3.63, 3.8) is 0 Å². The molecule has 0 aromatic heterocycles. The topological polar surface area (TPSA) is 24.4 Å². The molecule has 0 saturated carbocycles. The van der Waals surface area contributed by atoms with E-state index in [1.165, 1.54) is 11.1 Å². The molecule has 0 fully saturated rings. The Hall–Kier alpha value is -2.06. The quantitative estimate of drug-likeness (QED) is 0.814. The first-order chi connectivity index (χ1) is 9.72. The van der Waals surface area contributed by atoms with E-state index in [-0.39, 0.29) is 0 Å². The third kappa shape index (κ3) is 2.75. The number of rotatable bonds is 1. The summed E-state index contributed by atoms with van der Waals surface area (Å²) in [6.45, 7) is 2.09. The molecule has 2 aromatic carbocycles. The first kappa shape index (κ1) is 12.9. The van der Waals surface area contributed by atoms with Crippen LogP contribution in [0, 0.1) is 6.92 Å². The van der Waals surface area contributed by atoms with E-state index >= 15 is 0 Å². The fourth-order valence-corrected chi connectivity index (χ4v) is 2.46. The summed E-state index contributed by atoms with van der Waals surface area (Å²) in [6.07, 6.45) is 4.82. The smallest absolute Gasteiger partial charge is 0.137 e. The molecule has 1 aliphatic heterocycles. The second-order valence-electron chi connectivity index (χ2n) is 4.86. The van der Waals surface area contributed by atoms with Gasteiger partial charge in [-0.15, -0.1) is 0 Å². The van der Waals surface area contributed by atoms with Gasteiger partial charge in [-0.2, -0.15) is 0 Å². The number of aryl methyl sites for hydroxylation is 1. The molecule has 1 aliphatic rings. The van der Waals surface area contributed by atoms with E-state index in [2.05, 4.69) is 41.5 Å². The van der Waals surface area contributed by atoms with Crippen LogP contribution in [0.4, 0.5) is 5.69 Å². The molecule has 0 saturated heterocycles. The van der Waals surface area contributed by atoms with Gasteiger partial charge in [0.1, 0.15) is 5.84 Å². The number of allylic oxidation sites excluding steroid dienone is 1. The van der Waals surface area contributed by atoms with E-state index in [1.54, 1.807) is 0 Å². The number of nitrogens with one attached hydrogen (secondary N) is 1. The standard InChI is InChI=1S/C17H15ClN2/c1-12-7-8-13-4-3-9-19-17(16(13)10-12)20-15-6-2-5-14(18)11-15/h2-3,5-11H,4H2,1H3,(H,19,20). The molecule has 2 aromatic rings. The van der Waals surface area contributed by atoms with Crippen molar-refractivity contribution in [2.75, 3.05) is 5.32 Å². The average molecular weight is 283 g/mol. The maximum atomic E-state index is 6.03. The lowest BCUT2D eigenvalue weighted by Gasteiger charge is -2.13. The molecule has 0 radical (unpaired) electrons. The van der Waals surface area contributed by atoms with Gasteiger partial charge in [0.25, 0.3) is 0 Å². The van der Waals surface area contributed by atoms with Gasteiger partial charge in [0.05, 0.1) is 0 Å². The minimum atomic E-state index is 0.712. The van der Waals surface area contributed by atoms with Crippen molar-refractivity contribution in [3.8, 4) is 0 Å². The number of hydrogen-bond donors (Lipinski definition) is 1. The van der Waals surface area contributed by atoms with Gasteiger partial charge in [-0.3, -0.25) is 0 Å². The van der Waals surface area contributed by atoms with E-state index in [9.17, 15) is 0 Å². The van der Waals surface area contributed by atoms with Crippen LogP contribution in [0.2, 0.25) is 5.02 Å². The highest BCUT2D eigenvalue weighted by molar-refractivity contribution is 6.31. The minimum Gasteiger partial charge on any atom is -0.340 e. The highest BCUT2D eigenvalue weighted by Crippen LogP contribution is 2.20. The number of hydrogen-bond acceptors (Lipinski definition) is 2. The zero-order valence-electron chi connectivity index (χ0n) is 11.2. The second kappa shape index (κ2) is 5.51. The van der Waals surface area contributed by atoms with E-state index in [0.29, 0.717) is 5.02 Å². The lowest BCUT2D eigenvalue weighted by atomic mass is 10.0. The van der Waals surface area contributed by atoms with E-state index in [0.717, 1.165) is 23.5 Å². The molecule has 0 amide bonds. The third-order valence-corrected chi connectivity index (χ3v) is 3.49. The van der Waals surface area contributed by atoms with Gasteiger partial charge in [0.15, 0.2) is 0 Å². The lowest BCUT2D eigenvalue weighted by Crippen LogP contribution is -2.15. The van der Waals surface area contributed by atoms with Gasteiger partial charge in [-0.1, -0.05) is 41.4 Å². The number of anilines is 1. The number of nitrogens with zero attached hydrogens (tertiary/aromatic N) is 1. The summed E-state index contributed by atoms with van der Waals surface area (Å²) in [5.74, 6) is 0.861. The van der Waals surface area contributed by atoms with Gasteiger partial charge < -0.3 is 5.32 Å². The average Bonchev–Trinajstić information content (AvgIpc) is 2.62. The summed E-state index contributed by atoms with van der Waals surface area (Å²) in [7, 11) is 0. The van der Waals surface area contributed by atoms with Crippen molar-refractivity contribution >= 4 is 23.1 Å². The van der Waals surface area contributed by atoms with Crippen LogP contribution in [0.1, 0.15) is 16.7 Å². The zero-order valence-corrected chi connectivity index (χ0v) is 12.0. The predicted molar refractivity (Wildman–Crippen MR) is 85.6 cm³/mol. The highest BCUT2D eigenvalue weighted by atomic mass is 35.5. The Morgan fingerprint density at radius 2 is 2.05 bits per heavy atom. The van der Waals surface area contributed by atoms with Gasteiger partial charge in [-0.05, 0) is 43.2 Å². The molecule has 3 heteroatoms. The summed E-state index contributed by atoms with van der Waals surface area (Å²) in [6, 6.07) is 14.1. The van der Waals surface area contributed by atoms with Gasteiger partial charge in [0, 0.05) is 22.5 Å². The van der Waals surface area contributed by atoms with Crippen molar-refractivity contribution in [2.45, 2.75) is 13.3 Å². The Morgan fingerprint density at radius 1 is 1.15 bits per heavy atom. The van der Waals surface area contributed by atoms with Crippen LogP contribution in [0.15, 0.2) is 59.7 Å². The van der Waals surface area contributed by atoms with Crippen molar-refractivity contribution in [1.29, 1.82) is 0 Å². The SMILES string of the molecule is Cc1ccc2c(c1)C(Nc1cccc(Cl)c1)=NC=CC2. The predicted octanol–water partition coefficient (Wildman–Crippen LogP) is 4.58. The van der Waals surface area contributed by atoms with Crippen LogP contribution in [0.5, 0.6) is 0 Å². The maximum absolute atomic E-state index is 6.03. The maximum Gasteiger partial charge on any atom is 0.137 e. The zero-order chi connectivity index (χ0) is 13.9. The van der Waals surface area contributed by atoms with Crippen LogP contribution >= 0.6 is 11.6 Å². The normalized spacial score (nSPS) is 13.4. The Balaban J connectivity index is 1.99. The number of benzene rings is 2. The molecule has 0 bridgehead atoms. The summed E-state index contributed by atoms with van der Waals surface area (Å²) >= 11 is 6.03. The monoisotopic (exact) mass is 282 g/mol. The number of halogens is 1. The molecular formula is C17H15ClN2. The number of aliphatic imine (C=N–C) groups is 1. The van der Waals surface area contributed by atoms with Crippen molar-refractivity contribution in [2.24, 2.45) is 4.99 Å². The Morgan fingerprint density at radius 3 is 2.90 bits per heavy atom. The molecule has 0 spiro atoms. The fourth-order valence-electron chi connectivity index (χ4n) is 2.27. The van der Waals surface area contributed by atoms with Crippen molar-refractivity contribution in [1.82, 2.24) is 0 Å². The lowest BCUT2D eigenvalue weighted by molar-refractivity contribution is 1.25. The van der Waals surface area contributed by atoms with Crippen LogP contribution in [0.3, 0.4) is 0 Å². The van der Waals surface area contributed by atoms with E-state index in [1.807, 2.05) is 30.5 Å². The molecule has 0 unspecified atom stereocenters. The third-order valence-electron chi connectivity index (χ3n) is 3.25. The summed E-state index contributed by atoms with van der Waals surface area (Å²) in [4.78, 5) is 4.51. The molecule has 1 N–H and O–H groups in total. The Labute approximate surface area is 123 Å². The first-order valence-corrected chi connectivity index (χ1v) is 6.95. The number of fused-ring (bicyclic) bond motifs is 1. The van der Waals surface area contributed by atoms with Crippen LogP contribution in [-0.2, 0) is 6.42 Å².